The molecule has 170 valence electrons. The minimum Gasteiger partial charge on any atom is -0.357 e. The third kappa shape index (κ3) is 8.34. The van der Waals surface area contributed by atoms with Crippen molar-refractivity contribution in [2.45, 2.75) is 18.4 Å². The first kappa shape index (κ1) is 26.6. The molecule has 13 heteroatoms. The average Bonchev–Trinajstić information content (AvgIpc) is 2.71. The van der Waals surface area contributed by atoms with Crippen LogP contribution in [0.4, 0.5) is 14.5 Å². The Balaban J connectivity index is 0.00000480. The second-order valence-corrected chi connectivity index (χ2v) is 7.78. The summed E-state index contributed by atoms with van der Waals surface area (Å²) in [5, 5.41) is 16.6. The van der Waals surface area contributed by atoms with Crippen molar-refractivity contribution in [2.24, 2.45) is 4.99 Å². The summed E-state index contributed by atoms with van der Waals surface area (Å²) in [6.07, 6.45) is 0. The second-order valence-electron chi connectivity index (χ2n) is 6.01. The van der Waals surface area contributed by atoms with Crippen molar-refractivity contribution >= 4 is 45.6 Å². The average molecular weight is 569 g/mol. The fraction of sp³-hybridized carbons (Fsp3) is 0.278. The lowest BCUT2D eigenvalue weighted by atomic mass is 10.2. The summed E-state index contributed by atoms with van der Waals surface area (Å²) >= 11 is 0. The van der Waals surface area contributed by atoms with E-state index in [-0.39, 0.29) is 65.7 Å². The highest BCUT2D eigenvalue weighted by Gasteiger charge is 2.17. The van der Waals surface area contributed by atoms with Crippen molar-refractivity contribution in [3.05, 3.63) is 69.8 Å². The molecule has 31 heavy (non-hydrogen) atoms. The minimum atomic E-state index is -3.94. The number of nitro groups is 1. The number of nitrogens with zero attached hydrogens (tertiary/aromatic N) is 2. The standard InChI is InChI=1S/C18H21F2N5O4S.HI/c1-2-21-18(23-12-13-10-14(19)6-7-17(13)20)22-8-9-24-30(28,29)16-5-3-4-15(11-16)25(26)27;/h3-7,10-11,24H,2,8-9,12H2,1H3,(H2,21,22,23);1H. The topological polar surface area (TPSA) is 126 Å². The van der Waals surface area contributed by atoms with Crippen molar-refractivity contribution in [3.8, 4) is 0 Å². The van der Waals surface area contributed by atoms with Crippen molar-refractivity contribution < 1.29 is 22.1 Å². The molecular formula is C18H22F2IN5O4S. The van der Waals surface area contributed by atoms with Crippen molar-refractivity contribution in [1.29, 1.82) is 0 Å². The Morgan fingerprint density at radius 1 is 1.13 bits per heavy atom. The molecule has 0 saturated heterocycles. The Morgan fingerprint density at radius 3 is 2.55 bits per heavy atom. The van der Waals surface area contributed by atoms with Crippen LogP contribution in [0.3, 0.4) is 0 Å². The van der Waals surface area contributed by atoms with Crippen LogP contribution in [0.25, 0.3) is 0 Å². The number of hydrogen-bond donors (Lipinski definition) is 3. The number of non-ortho nitro benzene ring substituents is 1. The Morgan fingerprint density at radius 2 is 1.87 bits per heavy atom. The van der Waals surface area contributed by atoms with Gasteiger partial charge in [-0.15, -0.1) is 24.0 Å². The summed E-state index contributed by atoms with van der Waals surface area (Å²) in [6.45, 7) is 2.29. The van der Waals surface area contributed by atoms with Crippen LogP contribution < -0.4 is 15.4 Å². The third-order valence-electron chi connectivity index (χ3n) is 3.81. The molecule has 0 amide bonds. The van der Waals surface area contributed by atoms with E-state index >= 15 is 0 Å². The molecule has 9 nitrogen and oxygen atoms in total. The minimum absolute atomic E-state index is 0. The summed E-state index contributed by atoms with van der Waals surface area (Å²) in [6, 6.07) is 7.78. The van der Waals surface area contributed by atoms with Gasteiger partial charge in [0.2, 0.25) is 10.0 Å². The lowest BCUT2D eigenvalue weighted by Gasteiger charge is -2.12. The number of guanidine groups is 1. The molecule has 0 bridgehead atoms. The SMILES string of the molecule is CCNC(=NCc1cc(F)ccc1F)NCCNS(=O)(=O)c1cccc([N+](=O)[O-])c1.I. The van der Waals surface area contributed by atoms with Crippen LogP contribution in [-0.2, 0) is 16.6 Å². The molecule has 0 aliphatic carbocycles. The fourth-order valence-corrected chi connectivity index (χ4v) is 3.46. The first-order chi connectivity index (χ1) is 14.2. The molecule has 0 aliphatic rings. The lowest BCUT2D eigenvalue weighted by molar-refractivity contribution is -0.385. The van der Waals surface area contributed by atoms with Gasteiger partial charge in [0.1, 0.15) is 11.6 Å². The molecule has 0 unspecified atom stereocenters. The molecule has 0 aliphatic heterocycles. The molecule has 0 spiro atoms. The van der Waals surface area contributed by atoms with Crippen LogP contribution in [0.1, 0.15) is 12.5 Å². The van der Waals surface area contributed by atoms with Gasteiger partial charge in [-0.2, -0.15) is 0 Å². The van der Waals surface area contributed by atoms with Crippen molar-refractivity contribution in [3.63, 3.8) is 0 Å². The summed E-state index contributed by atoms with van der Waals surface area (Å²) in [5.74, 6) is -0.869. The van der Waals surface area contributed by atoms with E-state index in [1.165, 1.54) is 18.2 Å². The van der Waals surface area contributed by atoms with Crippen LogP contribution >= 0.6 is 24.0 Å². The van der Waals surface area contributed by atoms with Gasteiger partial charge in [0.15, 0.2) is 5.96 Å². The van der Waals surface area contributed by atoms with E-state index in [4.69, 9.17) is 0 Å². The zero-order chi connectivity index (χ0) is 22.1. The molecule has 2 aromatic rings. The Hall–Kier alpha value is -2.39. The first-order valence-electron chi connectivity index (χ1n) is 8.93. The van der Waals surface area contributed by atoms with Gasteiger partial charge in [0.25, 0.3) is 5.69 Å². The maximum atomic E-state index is 13.7. The maximum Gasteiger partial charge on any atom is 0.270 e. The van der Waals surface area contributed by atoms with Gasteiger partial charge in [-0.1, -0.05) is 6.07 Å². The molecule has 0 radical (unpaired) electrons. The summed E-state index contributed by atoms with van der Waals surface area (Å²) < 4.78 is 53.8. The van der Waals surface area contributed by atoms with E-state index in [1.807, 2.05) is 6.92 Å². The van der Waals surface area contributed by atoms with Gasteiger partial charge in [0.05, 0.1) is 16.4 Å². The van der Waals surface area contributed by atoms with Gasteiger partial charge < -0.3 is 10.6 Å². The Kier molecular flexibility index (Phi) is 10.7. The van der Waals surface area contributed by atoms with E-state index in [1.54, 1.807) is 0 Å². The zero-order valence-corrected chi connectivity index (χ0v) is 19.6. The van der Waals surface area contributed by atoms with Gasteiger partial charge >= 0.3 is 0 Å². The normalized spacial score (nSPS) is 11.5. The molecule has 3 N–H and O–H groups in total. The summed E-state index contributed by atoms with van der Waals surface area (Å²) in [7, 11) is -3.94. The van der Waals surface area contributed by atoms with E-state index in [0.29, 0.717) is 6.54 Å². The van der Waals surface area contributed by atoms with E-state index in [9.17, 15) is 27.3 Å². The predicted molar refractivity (Wildman–Crippen MR) is 123 cm³/mol. The van der Waals surface area contributed by atoms with Crippen LogP contribution in [0.2, 0.25) is 0 Å². The first-order valence-corrected chi connectivity index (χ1v) is 10.4. The number of aliphatic imine (C=N–C) groups is 1. The van der Waals surface area contributed by atoms with Crippen LogP contribution in [0.15, 0.2) is 52.4 Å². The molecule has 2 rings (SSSR count). The van der Waals surface area contributed by atoms with Crippen LogP contribution in [0.5, 0.6) is 0 Å². The molecule has 0 fully saturated rings. The third-order valence-corrected chi connectivity index (χ3v) is 5.27. The molecule has 2 aromatic carbocycles. The highest BCUT2D eigenvalue weighted by molar-refractivity contribution is 14.0. The van der Waals surface area contributed by atoms with Gasteiger partial charge in [-0.3, -0.25) is 10.1 Å². The molecule has 0 heterocycles. The quantitative estimate of drug-likeness (QED) is 0.107. The Bertz CT molecular complexity index is 1040. The fourth-order valence-electron chi connectivity index (χ4n) is 2.38. The van der Waals surface area contributed by atoms with Crippen molar-refractivity contribution in [1.82, 2.24) is 15.4 Å². The van der Waals surface area contributed by atoms with E-state index < -0.39 is 26.6 Å². The number of benzene rings is 2. The van der Waals surface area contributed by atoms with Crippen molar-refractivity contribution in [2.75, 3.05) is 19.6 Å². The lowest BCUT2D eigenvalue weighted by Crippen LogP contribution is -2.41. The molecule has 0 atom stereocenters. The van der Waals surface area contributed by atoms with E-state index in [2.05, 4.69) is 20.3 Å². The number of hydrogen-bond acceptors (Lipinski definition) is 5. The number of nitro benzene ring substituents is 1. The highest BCUT2D eigenvalue weighted by atomic mass is 127. The number of halogens is 3. The van der Waals surface area contributed by atoms with E-state index in [0.717, 1.165) is 24.3 Å². The molecular weight excluding hydrogens is 547 g/mol. The Labute approximate surface area is 195 Å². The highest BCUT2D eigenvalue weighted by Crippen LogP contribution is 2.16. The maximum absolute atomic E-state index is 13.7. The summed E-state index contributed by atoms with van der Waals surface area (Å²) in [5.41, 5.74) is -0.249. The van der Waals surface area contributed by atoms with Gasteiger partial charge in [-0.05, 0) is 31.2 Å². The monoisotopic (exact) mass is 569 g/mol. The zero-order valence-electron chi connectivity index (χ0n) is 16.5. The predicted octanol–water partition coefficient (Wildman–Crippen LogP) is 2.52. The molecule has 0 aromatic heterocycles. The smallest absolute Gasteiger partial charge is 0.270 e. The number of nitrogens with one attached hydrogen (secondary N) is 3. The molecule has 0 saturated carbocycles. The number of rotatable bonds is 9. The van der Waals surface area contributed by atoms with Gasteiger partial charge in [0, 0.05) is 37.3 Å². The van der Waals surface area contributed by atoms with Crippen LogP contribution in [-0.4, -0.2) is 38.9 Å². The number of sulfonamides is 1. The second kappa shape index (κ2) is 12.5. The van der Waals surface area contributed by atoms with Crippen LogP contribution in [0, 0.1) is 21.7 Å². The van der Waals surface area contributed by atoms with Gasteiger partial charge in [-0.25, -0.2) is 26.9 Å². The largest absolute Gasteiger partial charge is 0.357 e. The summed E-state index contributed by atoms with van der Waals surface area (Å²) in [4.78, 5) is 14.0.